The molecular formula is C9H9ClN4O. The Morgan fingerprint density at radius 3 is 2.93 bits per heavy atom. The van der Waals surface area contributed by atoms with E-state index in [2.05, 4.69) is 15.3 Å². The quantitative estimate of drug-likeness (QED) is 0.362. The van der Waals surface area contributed by atoms with Crippen LogP contribution in [0, 0.1) is 0 Å². The Labute approximate surface area is 91.7 Å². The first-order chi connectivity index (χ1) is 7.25. The maximum atomic E-state index is 11.5. The van der Waals surface area contributed by atoms with Crippen LogP contribution in [0.1, 0.15) is 10.4 Å². The number of rotatable bonds is 4. The summed E-state index contributed by atoms with van der Waals surface area (Å²) in [6.45, 7) is 0.529. The number of carbonyl (C=O) groups is 1. The first kappa shape index (κ1) is 11.4. The van der Waals surface area contributed by atoms with Gasteiger partial charge in [0.1, 0.15) is 0 Å². The van der Waals surface area contributed by atoms with Crippen LogP contribution in [0.4, 0.5) is 0 Å². The van der Waals surface area contributed by atoms with Crippen LogP contribution in [-0.4, -0.2) is 19.0 Å². The molecule has 0 aliphatic rings. The van der Waals surface area contributed by atoms with Gasteiger partial charge in [0.25, 0.3) is 5.91 Å². The smallest absolute Gasteiger partial charge is 0.252 e. The molecule has 0 unspecified atom stereocenters. The maximum absolute atomic E-state index is 11.5. The second-order valence-electron chi connectivity index (χ2n) is 2.69. The van der Waals surface area contributed by atoms with E-state index in [0.717, 1.165) is 0 Å². The molecule has 0 aliphatic heterocycles. The second kappa shape index (κ2) is 5.90. The summed E-state index contributed by atoms with van der Waals surface area (Å²) in [4.78, 5) is 14.1. The zero-order chi connectivity index (χ0) is 11.1. The second-order valence-corrected chi connectivity index (χ2v) is 3.10. The lowest BCUT2D eigenvalue weighted by Crippen LogP contribution is -2.26. The van der Waals surface area contributed by atoms with Crippen molar-refractivity contribution in [1.82, 2.24) is 5.32 Å². The largest absolute Gasteiger partial charge is 0.352 e. The lowest BCUT2D eigenvalue weighted by atomic mass is 10.2. The molecule has 78 valence electrons. The van der Waals surface area contributed by atoms with Crippen molar-refractivity contribution in [3.63, 3.8) is 0 Å². The minimum Gasteiger partial charge on any atom is -0.352 e. The molecule has 0 heterocycles. The monoisotopic (exact) mass is 224 g/mol. The third-order valence-corrected chi connectivity index (χ3v) is 2.01. The average Bonchev–Trinajstić information content (AvgIpc) is 2.25. The molecule has 6 heteroatoms. The zero-order valence-corrected chi connectivity index (χ0v) is 8.61. The normalized spacial score (nSPS) is 9.13. The van der Waals surface area contributed by atoms with Gasteiger partial charge in [-0.3, -0.25) is 4.79 Å². The summed E-state index contributed by atoms with van der Waals surface area (Å²) in [6.07, 6.45) is 0. The molecule has 5 nitrogen and oxygen atoms in total. The highest BCUT2D eigenvalue weighted by molar-refractivity contribution is 6.33. The predicted molar refractivity (Wildman–Crippen MR) is 57.8 cm³/mol. The Morgan fingerprint density at radius 2 is 2.27 bits per heavy atom. The van der Waals surface area contributed by atoms with Crippen LogP contribution in [0.5, 0.6) is 0 Å². The van der Waals surface area contributed by atoms with Crippen LogP contribution in [0.3, 0.4) is 0 Å². The number of azide groups is 1. The van der Waals surface area contributed by atoms with E-state index in [1.807, 2.05) is 0 Å². The van der Waals surface area contributed by atoms with Crippen LogP contribution >= 0.6 is 11.6 Å². The fraction of sp³-hybridized carbons (Fsp3) is 0.222. The van der Waals surface area contributed by atoms with Crippen molar-refractivity contribution in [2.45, 2.75) is 0 Å². The lowest BCUT2D eigenvalue weighted by molar-refractivity contribution is 0.0955. The molecule has 0 bridgehead atoms. The number of halogens is 1. The van der Waals surface area contributed by atoms with Crippen LogP contribution in [0.15, 0.2) is 29.4 Å². The molecule has 0 saturated heterocycles. The van der Waals surface area contributed by atoms with Gasteiger partial charge in [0.2, 0.25) is 0 Å². The molecule has 1 rings (SSSR count). The standard InChI is InChI=1S/C9H9ClN4O/c10-8-4-2-1-3-7(8)9(15)12-5-6-13-14-11/h1-4H,5-6H2,(H,12,15). The summed E-state index contributed by atoms with van der Waals surface area (Å²) in [6, 6.07) is 6.75. The van der Waals surface area contributed by atoms with Crippen LogP contribution < -0.4 is 5.32 Å². The summed E-state index contributed by atoms with van der Waals surface area (Å²) in [5.41, 5.74) is 8.43. The first-order valence-electron chi connectivity index (χ1n) is 4.29. The van der Waals surface area contributed by atoms with Gasteiger partial charge in [0.05, 0.1) is 10.6 Å². The predicted octanol–water partition coefficient (Wildman–Crippen LogP) is 2.38. The SMILES string of the molecule is [N-]=[N+]=NCCNC(=O)c1ccccc1Cl. The third-order valence-electron chi connectivity index (χ3n) is 1.68. The van der Waals surface area contributed by atoms with Crippen molar-refractivity contribution >= 4 is 17.5 Å². The van der Waals surface area contributed by atoms with Crippen molar-refractivity contribution < 1.29 is 4.79 Å². The number of nitrogens with zero attached hydrogens (tertiary/aromatic N) is 3. The van der Waals surface area contributed by atoms with Gasteiger partial charge in [-0.25, -0.2) is 0 Å². The fourth-order valence-electron chi connectivity index (χ4n) is 1.00. The molecule has 0 fully saturated rings. The number of hydrogen-bond acceptors (Lipinski definition) is 2. The van der Waals surface area contributed by atoms with E-state index >= 15 is 0 Å². The van der Waals surface area contributed by atoms with Crippen molar-refractivity contribution in [1.29, 1.82) is 0 Å². The van der Waals surface area contributed by atoms with E-state index in [9.17, 15) is 4.79 Å². The minimum atomic E-state index is -0.270. The number of hydrogen-bond donors (Lipinski definition) is 1. The van der Waals surface area contributed by atoms with Gasteiger partial charge < -0.3 is 5.32 Å². The molecule has 15 heavy (non-hydrogen) atoms. The van der Waals surface area contributed by atoms with E-state index in [-0.39, 0.29) is 12.5 Å². The molecular weight excluding hydrogens is 216 g/mol. The molecule has 0 aliphatic carbocycles. The summed E-state index contributed by atoms with van der Waals surface area (Å²) in [7, 11) is 0. The highest BCUT2D eigenvalue weighted by atomic mass is 35.5. The molecule has 0 spiro atoms. The first-order valence-corrected chi connectivity index (χ1v) is 4.67. The highest BCUT2D eigenvalue weighted by Crippen LogP contribution is 2.14. The third kappa shape index (κ3) is 3.50. The van der Waals surface area contributed by atoms with E-state index in [1.54, 1.807) is 24.3 Å². The number of amides is 1. The van der Waals surface area contributed by atoms with Crippen molar-refractivity contribution in [2.75, 3.05) is 13.1 Å². The molecule has 0 atom stereocenters. The number of carbonyl (C=O) groups excluding carboxylic acids is 1. The van der Waals surface area contributed by atoms with Gasteiger partial charge in [0, 0.05) is 18.0 Å². The molecule has 0 aromatic heterocycles. The van der Waals surface area contributed by atoms with Crippen molar-refractivity contribution in [3.8, 4) is 0 Å². The zero-order valence-electron chi connectivity index (χ0n) is 7.85. The average molecular weight is 225 g/mol. The highest BCUT2D eigenvalue weighted by Gasteiger charge is 2.07. The molecule has 1 aromatic carbocycles. The van der Waals surface area contributed by atoms with Crippen LogP contribution in [-0.2, 0) is 0 Å². The van der Waals surface area contributed by atoms with Crippen LogP contribution in [0.25, 0.3) is 10.4 Å². The van der Waals surface area contributed by atoms with Gasteiger partial charge >= 0.3 is 0 Å². The minimum absolute atomic E-state index is 0.229. The molecule has 1 N–H and O–H groups in total. The molecule has 1 amide bonds. The Morgan fingerprint density at radius 1 is 1.53 bits per heavy atom. The Kier molecular flexibility index (Phi) is 4.47. The Balaban J connectivity index is 2.54. The Bertz CT molecular complexity index is 401. The Hall–Kier alpha value is -1.71. The van der Waals surface area contributed by atoms with E-state index in [1.165, 1.54) is 0 Å². The van der Waals surface area contributed by atoms with E-state index in [0.29, 0.717) is 17.1 Å². The van der Waals surface area contributed by atoms with E-state index in [4.69, 9.17) is 17.1 Å². The van der Waals surface area contributed by atoms with Gasteiger partial charge in [-0.1, -0.05) is 28.8 Å². The molecule has 0 radical (unpaired) electrons. The van der Waals surface area contributed by atoms with E-state index < -0.39 is 0 Å². The van der Waals surface area contributed by atoms with Gasteiger partial charge in [-0.2, -0.15) is 0 Å². The van der Waals surface area contributed by atoms with Gasteiger partial charge in [-0.05, 0) is 17.7 Å². The summed E-state index contributed by atoms with van der Waals surface area (Å²) in [5, 5.41) is 6.28. The van der Waals surface area contributed by atoms with Gasteiger partial charge in [0.15, 0.2) is 0 Å². The molecule has 0 saturated carbocycles. The number of benzene rings is 1. The summed E-state index contributed by atoms with van der Waals surface area (Å²) >= 11 is 5.82. The van der Waals surface area contributed by atoms with Crippen molar-refractivity contribution in [2.24, 2.45) is 5.11 Å². The molecule has 1 aromatic rings. The summed E-state index contributed by atoms with van der Waals surface area (Å²) < 4.78 is 0. The van der Waals surface area contributed by atoms with Crippen molar-refractivity contribution in [3.05, 3.63) is 45.3 Å². The fourth-order valence-corrected chi connectivity index (χ4v) is 1.23. The number of nitrogens with one attached hydrogen (secondary N) is 1. The topological polar surface area (TPSA) is 77.9 Å². The maximum Gasteiger partial charge on any atom is 0.252 e. The van der Waals surface area contributed by atoms with Crippen LogP contribution in [0.2, 0.25) is 5.02 Å². The lowest BCUT2D eigenvalue weighted by Gasteiger charge is -2.04. The summed E-state index contributed by atoms with van der Waals surface area (Å²) in [5.74, 6) is -0.270. The van der Waals surface area contributed by atoms with Gasteiger partial charge in [-0.15, -0.1) is 0 Å².